The third-order valence-corrected chi connectivity index (χ3v) is 5.05. The molecule has 1 aromatic rings. The zero-order valence-corrected chi connectivity index (χ0v) is 18.8. The SMILES string of the molecule is CCNC(=NCc1ncc(C(C)(C)C)o1)NCC1(CC)CCCC1.I. The van der Waals surface area contributed by atoms with Crippen LogP contribution in [0, 0.1) is 5.41 Å². The first kappa shape index (κ1) is 22.3. The van der Waals surface area contributed by atoms with E-state index in [4.69, 9.17) is 4.42 Å². The Hall–Kier alpha value is -0.790. The smallest absolute Gasteiger partial charge is 0.216 e. The van der Waals surface area contributed by atoms with Crippen LogP contribution in [0.25, 0.3) is 0 Å². The number of hydrogen-bond donors (Lipinski definition) is 2. The Bertz CT molecular complexity index is 542. The highest BCUT2D eigenvalue weighted by molar-refractivity contribution is 14.0. The first-order valence-corrected chi connectivity index (χ1v) is 9.36. The van der Waals surface area contributed by atoms with Crippen LogP contribution in [-0.4, -0.2) is 24.0 Å². The molecule has 6 heteroatoms. The van der Waals surface area contributed by atoms with Crippen LogP contribution in [0.4, 0.5) is 0 Å². The van der Waals surface area contributed by atoms with Gasteiger partial charge in [-0.05, 0) is 31.6 Å². The van der Waals surface area contributed by atoms with E-state index in [0.29, 0.717) is 17.9 Å². The van der Waals surface area contributed by atoms with Gasteiger partial charge < -0.3 is 15.1 Å². The van der Waals surface area contributed by atoms with Crippen LogP contribution in [0.3, 0.4) is 0 Å². The van der Waals surface area contributed by atoms with Crippen molar-refractivity contribution in [3.05, 3.63) is 17.8 Å². The van der Waals surface area contributed by atoms with Crippen molar-refractivity contribution in [2.75, 3.05) is 13.1 Å². The van der Waals surface area contributed by atoms with Gasteiger partial charge in [-0.25, -0.2) is 9.98 Å². The maximum absolute atomic E-state index is 5.82. The fourth-order valence-corrected chi connectivity index (χ4v) is 3.27. The van der Waals surface area contributed by atoms with E-state index >= 15 is 0 Å². The fraction of sp³-hybridized carbons (Fsp3) is 0.789. The summed E-state index contributed by atoms with van der Waals surface area (Å²) in [7, 11) is 0. The number of aliphatic imine (C=N–C) groups is 1. The summed E-state index contributed by atoms with van der Waals surface area (Å²) < 4.78 is 5.82. The molecule has 0 aliphatic heterocycles. The minimum atomic E-state index is -0.0201. The summed E-state index contributed by atoms with van der Waals surface area (Å²) >= 11 is 0. The predicted molar refractivity (Wildman–Crippen MR) is 115 cm³/mol. The van der Waals surface area contributed by atoms with Crippen LogP contribution < -0.4 is 10.6 Å². The third kappa shape index (κ3) is 6.46. The second kappa shape index (κ2) is 9.78. The Morgan fingerprint density at radius 3 is 2.44 bits per heavy atom. The zero-order chi connectivity index (χ0) is 17.6. The molecule has 1 aromatic heterocycles. The van der Waals surface area contributed by atoms with Crippen LogP contribution >= 0.6 is 24.0 Å². The van der Waals surface area contributed by atoms with Gasteiger partial charge in [0.25, 0.3) is 0 Å². The van der Waals surface area contributed by atoms with E-state index in [2.05, 4.69) is 55.2 Å². The van der Waals surface area contributed by atoms with E-state index in [1.807, 2.05) is 6.20 Å². The monoisotopic (exact) mass is 462 g/mol. The second-order valence-corrected chi connectivity index (χ2v) is 7.98. The maximum Gasteiger partial charge on any atom is 0.216 e. The van der Waals surface area contributed by atoms with Crippen molar-refractivity contribution in [1.29, 1.82) is 0 Å². The largest absolute Gasteiger partial charge is 0.443 e. The topological polar surface area (TPSA) is 62.5 Å². The average Bonchev–Trinajstić information content (AvgIpc) is 3.19. The van der Waals surface area contributed by atoms with E-state index in [-0.39, 0.29) is 29.4 Å². The molecule has 1 aliphatic carbocycles. The molecular weight excluding hydrogens is 427 g/mol. The summed E-state index contributed by atoms with van der Waals surface area (Å²) in [5, 5.41) is 6.86. The number of aromatic nitrogens is 1. The van der Waals surface area contributed by atoms with Crippen molar-refractivity contribution in [2.45, 2.75) is 78.7 Å². The van der Waals surface area contributed by atoms with E-state index in [9.17, 15) is 0 Å². The summed E-state index contributed by atoms with van der Waals surface area (Å²) in [6.07, 6.45) is 8.41. The van der Waals surface area contributed by atoms with Gasteiger partial charge in [0.1, 0.15) is 12.3 Å². The third-order valence-electron chi connectivity index (χ3n) is 5.05. The van der Waals surface area contributed by atoms with Gasteiger partial charge in [-0.3, -0.25) is 0 Å². The van der Waals surface area contributed by atoms with Gasteiger partial charge in [0.2, 0.25) is 5.89 Å². The summed E-state index contributed by atoms with van der Waals surface area (Å²) in [6, 6.07) is 0. The first-order valence-electron chi connectivity index (χ1n) is 9.36. The molecule has 0 amide bonds. The number of nitrogens with one attached hydrogen (secondary N) is 2. The molecule has 144 valence electrons. The van der Waals surface area contributed by atoms with Crippen LogP contribution in [0.5, 0.6) is 0 Å². The molecule has 0 aromatic carbocycles. The molecule has 1 fully saturated rings. The van der Waals surface area contributed by atoms with E-state index in [1.165, 1.54) is 32.1 Å². The summed E-state index contributed by atoms with van der Waals surface area (Å²) in [5.41, 5.74) is 0.423. The molecule has 2 rings (SSSR count). The number of rotatable bonds is 6. The molecule has 5 nitrogen and oxygen atoms in total. The number of oxazole rings is 1. The second-order valence-electron chi connectivity index (χ2n) is 7.98. The molecule has 1 aliphatic rings. The molecule has 2 N–H and O–H groups in total. The lowest BCUT2D eigenvalue weighted by Gasteiger charge is -2.28. The summed E-state index contributed by atoms with van der Waals surface area (Å²) in [6.45, 7) is 13.1. The standard InChI is InChI=1S/C19H34N4O.HI/c1-6-19(10-8-9-11-19)14-23-17(20-7-2)22-13-16-21-12-15(24-16)18(3,4)5;/h12H,6-11,13-14H2,1-5H3,(H2,20,22,23);1H. The van der Waals surface area contributed by atoms with Crippen molar-refractivity contribution in [3.8, 4) is 0 Å². The quantitative estimate of drug-likeness (QED) is 0.368. The normalized spacial score (nSPS) is 17.2. The predicted octanol–water partition coefficient (Wildman–Crippen LogP) is 4.62. The van der Waals surface area contributed by atoms with Gasteiger partial charge >= 0.3 is 0 Å². The fourth-order valence-electron chi connectivity index (χ4n) is 3.27. The number of nitrogens with zero attached hydrogens (tertiary/aromatic N) is 2. The van der Waals surface area contributed by atoms with Crippen molar-refractivity contribution in [1.82, 2.24) is 15.6 Å². The highest BCUT2D eigenvalue weighted by atomic mass is 127. The van der Waals surface area contributed by atoms with Gasteiger partial charge in [0, 0.05) is 18.5 Å². The highest BCUT2D eigenvalue weighted by Gasteiger charge is 2.31. The van der Waals surface area contributed by atoms with E-state index in [1.54, 1.807) is 0 Å². The molecular formula is C19H35IN4O. The first-order chi connectivity index (χ1) is 11.4. The molecule has 0 atom stereocenters. The lowest BCUT2D eigenvalue weighted by atomic mass is 9.83. The lowest BCUT2D eigenvalue weighted by Crippen LogP contribution is -2.42. The van der Waals surface area contributed by atoms with Gasteiger partial charge in [0.15, 0.2) is 5.96 Å². The van der Waals surface area contributed by atoms with Gasteiger partial charge in [-0.15, -0.1) is 24.0 Å². The number of guanidine groups is 1. The van der Waals surface area contributed by atoms with E-state index < -0.39 is 0 Å². The minimum absolute atomic E-state index is 0. The molecule has 0 radical (unpaired) electrons. The Kier molecular flexibility index (Phi) is 8.71. The van der Waals surface area contributed by atoms with Crippen LogP contribution in [0.1, 0.15) is 78.4 Å². The molecule has 0 unspecified atom stereocenters. The van der Waals surface area contributed by atoms with Crippen molar-refractivity contribution < 1.29 is 4.42 Å². The van der Waals surface area contributed by atoms with Crippen LogP contribution in [0.2, 0.25) is 0 Å². The minimum Gasteiger partial charge on any atom is -0.443 e. The van der Waals surface area contributed by atoms with Crippen LogP contribution in [0.15, 0.2) is 15.6 Å². The molecule has 0 saturated heterocycles. The summed E-state index contributed by atoms with van der Waals surface area (Å²) in [4.78, 5) is 9.00. The average molecular weight is 462 g/mol. The molecule has 1 heterocycles. The van der Waals surface area contributed by atoms with Crippen molar-refractivity contribution >= 4 is 29.9 Å². The Labute approximate surface area is 169 Å². The van der Waals surface area contributed by atoms with Crippen molar-refractivity contribution in [3.63, 3.8) is 0 Å². The van der Waals surface area contributed by atoms with Gasteiger partial charge in [-0.2, -0.15) is 0 Å². The van der Waals surface area contributed by atoms with Gasteiger partial charge in [0.05, 0.1) is 6.20 Å². The Balaban J connectivity index is 0.00000312. The van der Waals surface area contributed by atoms with E-state index in [0.717, 1.165) is 24.8 Å². The molecule has 0 spiro atoms. The lowest BCUT2D eigenvalue weighted by molar-refractivity contribution is 0.283. The Morgan fingerprint density at radius 1 is 1.24 bits per heavy atom. The highest BCUT2D eigenvalue weighted by Crippen LogP contribution is 2.40. The Morgan fingerprint density at radius 2 is 1.92 bits per heavy atom. The number of halogens is 1. The molecule has 25 heavy (non-hydrogen) atoms. The van der Waals surface area contributed by atoms with Crippen molar-refractivity contribution in [2.24, 2.45) is 10.4 Å². The molecule has 0 bridgehead atoms. The summed E-state index contributed by atoms with van der Waals surface area (Å²) in [5.74, 6) is 2.43. The number of hydrogen-bond acceptors (Lipinski definition) is 3. The zero-order valence-electron chi connectivity index (χ0n) is 16.4. The molecule has 1 saturated carbocycles. The maximum atomic E-state index is 5.82. The van der Waals surface area contributed by atoms with Gasteiger partial charge in [-0.1, -0.05) is 40.5 Å². The van der Waals surface area contributed by atoms with Crippen LogP contribution in [-0.2, 0) is 12.0 Å².